The van der Waals surface area contributed by atoms with Crippen molar-refractivity contribution in [1.29, 1.82) is 0 Å². The normalized spacial score (nSPS) is 22.3. The van der Waals surface area contributed by atoms with Crippen molar-refractivity contribution in [2.45, 2.75) is 58.7 Å². The van der Waals surface area contributed by atoms with Gasteiger partial charge in [-0.05, 0) is 43.0 Å². The first-order valence-electron chi connectivity index (χ1n) is 9.07. The summed E-state index contributed by atoms with van der Waals surface area (Å²) >= 11 is 1.43. The van der Waals surface area contributed by atoms with Crippen LogP contribution in [0.4, 0.5) is 0 Å². The summed E-state index contributed by atoms with van der Waals surface area (Å²) in [4.78, 5) is 37.0. The van der Waals surface area contributed by atoms with E-state index in [1.165, 1.54) is 11.3 Å². The van der Waals surface area contributed by atoms with Crippen LogP contribution in [0.3, 0.4) is 0 Å². The Bertz CT molecular complexity index is 629. The zero-order valence-electron chi connectivity index (χ0n) is 15.8. The van der Waals surface area contributed by atoms with Crippen molar-refractivity contribution < 1.29 is 19.1 Å². The molecular formula is C19H28N2O4S. The van der Waals surface area contributed by atoms with E-state index in [2.05, 4.69) is 31.4 Å². The Morgan fingerprint density at radius 3 is 2.58 bits per heavy atom. The first-order valence-corrected chi connectivity index (χ1v) is 10.0. The standard InChI is InChI=1S/C19H28N2O4S/c1-11(2)12(3)5-6-15(20-18(23)14-7-8-26-10-14)19(24)21-17-13(4)25-9-16(17)22/h7-8,10-13,15,17H,5-6,9H2,1-4H3,(H,20,23)(H,21,24)/t12?,13-,15-,17-/m0/s1. The number of amides is 2. The molecule has 2 amide bonds. The second kappa shape index (κ2) is 9.28. The number of hydrogen-bond acceptors (Lipinski definition) is 5. The predicted molar refractivity (Wildman–Crippen MR) is 101 cm³/mol. The van der Waals surface area contributed by atoms with Crippen LogP contribution in [0.1, 0.15) is 50.9 Å². The van der Waals surface area contributed by atoms with Gasteiger partial charge >= 0.3 is 0 Å². The molecule has 4 atom stereocenters. The summed E-state index contributed by atoms with van der Waals surface area (Å²) in [7, 11) is 0. The molecule has 7 heteroatoms. The van der Waals surface area contributed by atoms with Crippen LogP contribution in [0, 0.1) is 11.8 Å². The maximum absolute atomic E-state index is 12.7. The Kier molecular flexibility index (Phi) is 7.34. The number of ketones is 1. The maximum atomic E-state index is 12.7. The Morgan fingerprint density at radius 2 is 2.04 bits per heavy atom. The van der Waals surface area contributed by atoms with E-state index in [1.54, 1.807) is 18.4 Å². The molecule has 6 nitrogen and oxygen atoms in total. The second-order valence-corrected chi connectivity index (χ2v) is 8.09. The van der Waals surface area contributed by atoms with Gasteiger partial charge in [0.05, 0.1) is 11.7 Å². The highest BCUT2D eigenvalue weighted by molar-refractivity contribution is 7.08. The minimum atomic E-state index is -0.677. The highest BCUT2D eigenvalue weighted by atomic mass is 32.1. The highest BCUT2D eigenvalue weighted by Gasteiger charge is 2.35. The molecular weight excluding hydrogens is 352 g/mol. The van der Waals surface area contributed by atoms with Crippen LogP contribution in [-0.2, 0) is 14.3 Å². The monoisotopic (exact) mass is 380 g/mol. The molecule has 0 spiro atoms. The average Bonchev–Trinajstić information content (AvgIpc) is 3.23. The zero-order valence-corrected chi connectivity index (χ0v) is 16.6. The second-order valence-electron chi connectivity index (χ2n) is 7.31. The van der Waals surface area contributed by atoms with Crippen molar-refractivity contribution in [3.8, 4) is 0 Å². The Labute approximate surface area is 158 Å². The lowest BCUT2D eigenvalue weighted by molar-refractivity contribution is -0.127. The minimum Gasteiger partial charge on any atom is -0.368 e. The first kappa shape index (κ1) is 20.6. The van der Waals surface area contributed by atoms with Gasteiger partial charge in [0.25, 0.3) is 5.91 Å². The molecule has 1 unspecified atom stereocenters. The number of rotatable bonds is 8. The molecule has 144 valence electrons. The molecule has 1 aliphatic heterocycles. The molecule has 2 heterocycles. The number of nitrogens with one attached hydrogen (secondary N) is 2. The van der Waals surface area contributed by atoms with Crippen LogP contribution in [0.15, 0.2) is 16.8 Å². The van der Waals surface area contributed by atoms with Crippen LogP contribution in [-0.4, -0.2) is 42.4 Å². The summed E-state index contributed by atoms with van der Waals surface area (Å²) in [5.41, 5.74) is 0.540. The van der Waals surface area contributed by atoms with Crippen molar-refractivity contribution in [2.24, 2.45) is 11.8 Å². The fraction of sp³-hybridized carbons (Fsp3) is 0.632. The number of Topliss-reactive ketones (excluding diaryl/α,β-unsaturated/α-hetero) is 1. The minimum absolute atomic E-state index is 0.0163. The Hall–Kier alpha value is -1.73. The van der Waals surface area contributed by atoms with E-state index in [0.29, 0.717) is 23.8 Å². The lowest BCUT2D eigenvalue weighted by Gasteiger charge is -2.23. The third kappa shape index (κ3) is 5.38. The average molecular weight is 381 g/mol. The van der Waals surface area contributed by atoms with E-state index in [-0.39, 0.29) is 30.3 Å². The van der Waals surface area contributed by atoms with E-state index < -0.39 is 12.1 Å². The lowest BCUT2D eigenvalue weighted by atomic mass is 9.91. The number of ether oxygens (including phenoxy) is 1. The lowest BCUT2D eigenvalue weighted by Crippen LogP contribution is -2.53. The molecule has 2 N–H and O–H groups in total. The van der Waals surface area contributed by atoms with Crippen molar-refractivity contribution in [1.82, 2.24) is 10.6 Å². The fourth-order valence-corrected chi connectivity index (χ4v) is 3.42. The number of carbonyl (C=O) groups is 3. The number of hydrogen-bond donors (Lipinski definition) is 2. The van der Waals surface area contributed by atoms with Crippen molar-refractivity contribution in [3.63, 3.8) is 0 Å². The van der Waals surface area contributed by atoms with Gasteiger partial charge in [-0.15, -0.1) is 0 Å². The van der Waals surface area contributed by atoms with Gasteiger partial charge in [0, 0.05) is 5.38 Å². The molecule has 0 aromatic carbocycles. The van der Waals surface area contributed by atoms with Crippen LogP contribution in [0.5, 0.6) is 0 Å². The largest absolute Gasteiger partial charge is 0.368 e. The van der Waals surface area contributed by atoms with Gasteiger partial charge in [-0.25, -0.2) is 0 Å². The number of carbonyl (C=O) groups excluding carboxylic acids is 3. The van der Waals surface area contributed by atoms with Crippen molar-refractivity contribution in [3.05, 3.63) is 22.4 Å². The summed E-state index contributed by atoms with van der Waals surface area (Å²) in [6.07, 6.45) is 0.982. The summed E-state index contributed by atoms with van der Waals surface area (Å²) in [5, 5.41) is 9.15. The van der Waals surface area contributed by atoms with Gasteiger partial charge in [0.15, 0.2) is 5.78 Å². The van der Waals surface area contributed by atoms with Crippen molar-refractivity contribution in [2.75, 3.05) is 6.61 Å². The molecule has 1 saturated heterocycles. The molecule has 0 aliphatic carbocycles. The van der Waals surface area contributed by atoms with E-state index >= 15 is 0 Å². The van der Waals surface area contributed by atoms with Gasteiger partial charge in [-0.1, -0.05) is 20.8 Å². The summed E-state index contributed by atoms with van der Waals surface area (Å²) in [6.45, 7) is 8.19. The van der Waals surface area contributed by atoms with Crippen LogP contribution >= 0.6 is 11.3 Å². The Morgan fingerprint density at radius 1 is 1.31 bits per heavy atom. The van der Waals surface area contributed by atoms with Gasteiger partial charge in [0.2, 0.25) is 5.91 Å². The van der Waals surface area contributed by atoms with Gasteiger partial charge in [-0.3, -0.25) is 14.4 Å². The Balaban J connectivity index is 2.04. The van der Waals surface area contributed by atoms with Gasteiger partial charge in [0.1, 0.15) is 18.7 Å². The third-order valence-corrected chi connectivity index (χ3v) is 5.74. The topological polar surface area (TPSA) is 84.5 Å². The first-order chi connectivity index (χ1) is 12.3. The molecule has 26 heavy (non-hydrogen) atoms. The highest BCUT2D eigenvalue weighted by Crippen LogP contribution is 2.18. The molecule has 2 rings (SSSR count). The molecule has 0 saturated carbocycles. The zero-order chi connectivity index (χ0) is 19.3. The SMILES string of the molecule is CC(C)C(C)CC[C@H](NC(=O)c1ccsc1)C(=O)N[C@@H]1C(=O)CO[C@H]1C. The molecule has 1 fully saturated rings. The van der Waals surface area contributed by atoms with Gasteiger partial charge < -0.3 is 15.4 Å². The fourth-order valence-electron chi connectivity index (χ4n) is 2.78. The molecule has 0 bridgehead atoms. The smallest absolute Gasteiger partial charge is 0.252 e. The summed E-state index contributed by atoms with van der Waals surface area (Å²) < 4.78 is 5.28. The quantitative estimate of drug-likeness (QED) is 0.725. The maximum Gasteiger partial charge on any atom is 0.252 e. The third-order valence-electron chi connectivity index (χ3n) is 5.06. The van der Waals surface area contributed by atoms with Crippen LogP contribution in [0.25, 0.3) is 0 Å². The van der Waals surface area contributed by atoms with E-state index in [4.69, 9.17) is 4.74 Å². The van der Waals surface area contributed by atoms with Crippen LogP contribution in [0.2, 0.25) is 0 Å². The van der Waals surface area contributed by atoms with Gasteiger partial charge in [-0.2, -0.15) is 11.3 Å². The van der Waals surface area contributed by atoms with E-state index in [0.717, 1.165) is 6.42 Å². The molecule has 1 aromatic rings. The summed E-state index contributed by atoms with van der Waals surface area (Å²) in [6, 6.07) is 0.400. The van der Waals surface area contributed by atoms with Crippen molar-refractivity contribution >= 4 is 28.9 Å². The van der Waals surface area contributed by atoms with E-state index in [9.17, 15) is 14.4 Å². The van der Waals surface area contributed by atoms with E-state index in [1.807, 2.05) is 5.38 Å². The molecule has 1 aliphatic rings. The molecule has 0 radical (unpaired) electrons. The van der Waals surface area contributed by atoms with Crippen LogP contribution < -0.4 is 10.6 Å². The molecule has 1 aromatic heterocycles. The predicted octanol–water partition coefficient (Wildman–Crippen LogP) is 2.39. The number of thiophene rings is 1. The summed E-state index contributed by atoms with van der Waals surface area (Å²) in [5.74, 6) is 0.185.